The second-order valence-corrected chi connectivity index (χ2v) is 10.1. The van der Waals surface area contributed by atoms with Gasteiger partial charge in [0.2, 0.25) is 21.8 Å². The number of carbonyl (C=O) groups is 2. The first kappa shape index (κ1) is 27.7. The standard InChI is InChI=1S/C21H22Cl2F3N3O4S/c1-13(20(31)27-2)28(11-14-4-6-15(22)7-5-14)19(30)12-29(34(3,32)33)16-8-9-18(23)17(10-16)21(24,25)26/h4-10,13H,11-12H2,1-3H3,(H,27,31). The van der Waals surface area contributed by atoms with E-state index < -0.39 is 56.9 Å². The molecule has 0 spiro atoms. The molecular weight excluding hydrogens is 518 g/mol. The van der Waals surface area contributed by atoms with Crippen LogP contribution in [0.5, 0.6) is 0 Å². The summed E-state index contributed by atoms with van der Waals surface area (Å²) in [6, 6.07) is 7.94. The van der Waals surface area contributed by atoms with E-state index in [-0.39, 0.29) is 6.54 Å². The topological polar surface area (TPSA) is 86.8 Å². The third kappa shape index (κ3) is 7.00. The normalized spacial score (nSPS) is 12.7. The Bertz CT molecular complexity index is 1160. The molecule has 13 heteroatoms. The maximum Gasteiger partial charge on any atom is 0.417 e. The fourth-order valence-corrected chi connectivity index (χ4v) is 4.27. The van der Waals surface area contributed by atoms with E-state index in [9.17, 15) is 31.2 Å². The first-order valence-electron chi connectivity index (χ1n) is 9.75. The lowest BCUT2D eigenvalue weighted by molar-refractivity contribution is -0.139. The fraction of sp³-hybridized carbons (Fsp3) is 0.333. The summed E-state index contributed by atoms with van der Waals surface area (Å²) >= 11 is 11.5. The Hall–Kier alpha value is -2.50. The van der Waals surface area contributed by atoms with Crippen LogP contribution in [0.2, 0.25) is 10.0 Å². The fourth-order valence-electron chi connectivity index (χ4n) is 3.08. The number of sulfonamides is 1. The molecule has 0 aromatic heterocycles. The maximum absolute atomic E-state index is 13.3. The first-order valence-corrected chi connectivity index (χ1v) is 12.4. The molecule has 1 N–H and O–H groups in total. The minimum atomic E-state index is -4.84. The summed E-state index contributed by atoms with van der Waals surface area (Å²) in [6.45, 7) is 0.533. The molecule has 0 fully saturated rings. The molecule has 0 aliphatic rings. The smallest absolute Gasteiger partial charge is 0.357 e. The second kappa shape index (κ2) is 10.8. The van der Waals surface area contributed by atoms with E-state index in [0.29, 0.717) is 21.0 Å². The van der Waals surface area contributed by atoms with Crippen molar-refractivity contribution in [2.75, 3.05) is 24.2 Å². The Balaban J connectivity index is 2.46. The minimum Gasteiger partial charge on any atom is -0.357 e. The average Bonchev–Trinajstić information content (AvgIpc) is 2.74. The molecule has 0 aliphatic carbocycles. The zero-order valence-corrected chi connectivity index (χ0v) is 20.7. The molecule has 0 saturated carbocycles. The van der Waals surface area contributed by atoms with Crippen molar-refractivity contribution in [3.8, 4) is 0 Å². The third-order valence-electron chi connectivity index (χ3n) is 4.90. The highest BCUT2D eigenvalue weighted by Crippen LogP contribution is 2.37. The Labute approximate surface area is 205 Å². The molecule has 186 valence electrons. The average molecular weight is 540 g/mol. The van der Waals surface area contributed by atoms with Crippen molar-refractivity contribution < 1.29 is 31.2 Å². The van der Waals surface area contributed by atoms with Crippen LogP contribution in [0.1, 0.15) is 18.1 Å². The molecule has 2 rings (SSSR count). The number of carbonyl (C=O) groups excluding carboxylic acids is 2. The lowest BCUT2D eigenvalue weighted by Gasteiger charge is -2.31. The zero-order chi connectivity index (χ0) is 25.8. The van der Waals surface area contributed by atoms with E-state index in [2.05, 4.69) is 5.32 Å². The zero-order valence-electron chi connectivity index (χ0n) is 18.4. The Morgan fingerprint density at radius 2 is 1.68 bits per heavy atom. The Morgan fingerprint density at radius 3 is 2.18 bits per heavy atom. The van der Waals surface area contributed by atoms with Gasteiger partial charge in [-0.1, -0.05) is 35.3 Å². The largest absolute Gasteiger partial charge is 0.417 e. The van der Waals surface area contributed by atoms with E-state index in [1.807, 2.05) is 0 Å². The van der Waals surface area contributed by atoms with Gasteiger partial charge in [0.1, 0.15) is 12.6 Å². The summed E-state index contributed by atoms with van der Waals surface area (Å²) in [7, 11) is -2.82. The van der Waals surface area contributed by atoms with Gasteiger partial charge in [0, 0.05) is 18.6 Å². The maximum atomic E-state index is 13.3. The lowest BCUT2D eigenvalue weighted by atomic mass is 10.1. The molecule has 2 aromatic rings. The number of hydrogen-bond donors (Lipinski definition) is 1. The van der Waals surface area contributed by atoms with Gasteiger partial charge >= 0.3 is 6.18 Å². The number of anilines is 1. The lowest BCUT2D eigenvalue weighted by Crippen LogP contribution is -2.50. The van der Waals surface area contributed by atoms with Gasteiger partial charge in [0.05, 0.1) is 22.5 Å². The molecule has 7 nitrogen and oxygen atoms in total. The SMILES string of the molecule is CNC(=O)C(C)N(Cc1ccc(Cl)cc1)C(=O)CN(c1ccc(Cl)c(C(F)(F)F)c1)S(C)(=O)=O. The van der Waals surface area contributed by atoms with Crippen molar-refractivity contribution in [2.45, 2.75) is 25.7 Å². The number of alkyl halides is 3. The number of rotatable bonds is 8. The van der Waals surface area contributed by atoms with Gasteiger partial charge in [0.15, 0.2) is 0 Å². The highest BCUT2D eigenvalue weighted by Gasteiger charge is 2.35. The van der Waals surface area contributed by atoms with Crippen LogP contribution in [0, 0.1) is 0 Å². The first-order chi connectivity index (χ1) is 15.6. The predicted molar refractivity (Wildman–Crippen MR) is 124 cm³/mol. The van der Waals surface area contributed by atoms with Gasteiger partial charge in [0.25, 0.3) is 0 Å². The van der Waals surface area contributed by atoms with Gasteiger partial charge in [-0.3, -0.25) is 13.9 Å². The predicted octanol–water partition coefficient (Wildman–Crippen LogP) is 3.94. The summed E-state index contributed by atoms with van der Waals surface area (Å²) < 4.78 is 65.3. The van der Waals surface area contributed by atoms with Crippen LogP contribution in [0.15, 0.2) is 42.5 Å². The molecule has 2 aromatic carbocycles. The highest BCUT2D eigenvalue weighted by molar-refractivity contribution is 7.92. The van der Waals surface area contributed by atoms with Crippen molar-refractivity contribution in [3.05, 3.63) is 63.6 Å². The van der Waals surface area contributed by atoms with Crippen molar-refractivity contribution >= 4 is 50.7 Å². The molecule has 1 atom stereocenters. The van der Waals surface area contributed by atoms with Crippen LogP contribution in [0.3, 0.4) is 0 Å². The van der Waals surface area contributed by atoms with Gasteiger partial charge in [-0.05, 0) is 42.8 Å². The molecule has 1 unspecified atom stereocenters. The summed E-state index contributed by atoms with van der Waals surface area (Å²) in [6.07, 6.45) is -4.08. The number of halogens is 5. The summed E-state index contributed by atoms with van der Waals surface area (Å²) in [5, 5.41) is 2.25. The van der Waals surface area contributed by atoms with Crippen molar-refractivity contribution in [3.63, 3.8) is 0 Å². The van der Waals surface area contributed by atoms with E-state index in [0.717, 1.165) is 23.3 Å². The van der Waals surface area contributed by atoms with Crippen LogP contribution >= 0.6 is 23.2 Å². The Morgan fingerprint density at radius 1 is 1.09 bits per heavy atom. The van der Waals surface area contributed by atoms with Crippen molar-refractivity contribution in [1.29, 1.82) is 0 Å². The van der Waals surface area contributed by atoms with Crippen LogP contribution in [-0.4, -0.2) is 51.0 Å². The van der Waals surface area contributed by atoms with Crippen LogP contribution in [0.25, 0.3) is 0 Å². The number of benzene rings is 2. The van der Waals surface area contributed by atoms with Crippen LogP contribution < -0.4 is 9.62 Å². The summed E-state index contributed by atoms with van der Waals surface area (Å²) in [4.78, 5) is 26.6. The minimum absolute atomic E-state index is 0.0728. The van der Waals surface area contributed by atoms with Gasteiger partial charge < -0.3 is 10.2 Å². The number of hydrogen-bond acceptors (Lipinski definition) is 4. The Kier molecular flexibility index (Phi) is 8.84. The van der Waals surface area contributed by atoms with Crippen molar-refractivity contribution in [2.24, 2.45) is 0 Å². The molecule has 0 heterocycles. The molecule has 0 saturated heterocycles. The molecule has 0 aliphatic heterocycles. The van der Waals surface area contributed by atoms with Crippen LogP contribution in [0.4, 0.5) is 18.9 Å². The molecule has 2 amide bonds. The molecule has 34 heavy (non-hydrogen) atoms. The molecule has 0 radical (unpaired) electrons. The highest BCUT2D eigenvalue weighted by atomic mass is 35.5. The van der Waals surface area contributed by atoms with Gasteiger partial charge in [-0.15, -0.1) is 0 Å². The van der Waals surface area contributed by atoms with Gasteiger partial charge in [-0.25, -0.2) is 8.42 Å². The van der Waals surface area contributed by atoms with E-state index in [1.54, 1.807) is 24.3 Å². The number of amides is 2. The number of likely N-dealkylation sites (N-methyl/N-ethyl adjacent to an activating group) is 1. The monoisotopic (exact) mass is 539 g/mol. The summed E-state index contributed by atoms with van der Waals surface area (Å²) in [5.41, 5.74) is -1.04. The summed E-state index contributed by atoms with van der Waals surface area (Å²) in [5.74, 6) is -1.32. The number of nitrogens with one attached hydrogen (secondary N) is 1. The van der Waals surface area contributed by atoms with Crippen molar-refractivity contribution in [1.82, 2.24) is 10.2 Å². The molecular formula is C21H22Cl2F3N3O4S. The van der Waals surface area contributed by atoms with Crippen LogP contribution in [-0.2, 0) is 32.3 Å². The number of nitrogens with zero attached hydrogens (tertiary/aromatic N) is 2. The quantitative estimate of drug-likeness (QED) is 0.550. The van der Waals surface area contributed by atoms with Gasteiger partial charge in [-0.2, -0.15) is 13.2 Å². The third-order valence-corrected chi connectivity index (χ3v) is 6.62. The molecule has 0 bridgehead atoms. The van der Waals surface area contributed by atoms with E-state index in [1.165, 1.54) is 14.0 Å². The second-order valence-electron chi connectivity index (χ2n) is 7.37. The van der Waals surface area contributed by atoms with E-state index in [4.69, 9.17) is 23.2 Å². The van der Waals surface area contributed by atoms with E-state index >= 15 is 0 Å².